The van der Waals surface area contributed by atoms with Crippen LogP contribution in [0.25, 0.3) is 10.9 Å². The molecule has 4 rings (SSSR count). The average Bonchev–Trinajstić information content (AvgIpc) is 3.20. The van der Waals surface area contributed by atoms with Crippen LogP contribution in [0.15, 0.2) is 89.3 Å². The molecule has 2 aromatic carbocycles. The minimum absolute atomic E-state index is 0.0320. The number of hydrogen-bond acceptors (Lipinski definition) is 5. The summed E-state index contributed by atoms with van der Waals surface area (Å²) < 4.78 is 31.2. The number of fused-ring (bicyclic) bond motifs is 1. The molecule has 0 fully saturated rings. The Morgan fingerprint density at radius 3 is 2.40 bits per heavy atom. The van der Waals surface area contributed by atoms with Gasteiger partial charge in [-0.15, -0.1) is 0 Å². The van der Waals surface area contributed by atoms with E-state index >= 15 is 0 Å². The van der Waals surface area contributed by atoms with Crippen molar-refractivity contribution in [1.29, 1.82) is 0 Å². The van der Waals surface area contributed by atoms with Crippen molar-refractivity contribution in [3.63, 3.8) is 0 Å². The van der Waals surface area contributed by atoms with Gasteiger partial charge in [0, 0.05) is 22.8 Å². The molecule has 1 heterocycles. The third kappa shape index (κ3) is 2.48. The maximum Gasteiger partial charge on any atom is 0.195 e. The number of carbonyl (C=O) groups is 1. The van der Waals surface area contributed by atoms with Crippen molar-refractivity contribution in [1.82, 2.24) is 4.98 Å². The van der Waals surface area contributed by atoms with Gasteiger partial charge in [0.25, 0.3) is 0 Å². The lowest BCUT2D eigenvalue weighted by Crippen LogP contribution is -2.59. The number of allylic oxidation sites excluding steroid dienone is 2. The quantitative estimate of drug-likeness (QED) is 0.615. The van der Waals surface area contributed by atoms with Gasteiger partial charge in [-0.25, -0.2) is 8.42 Å². The molecule has 3 N–H and O–H groups in total. The number of para-hydroxylation sites is 1. The molecule has 0 radical (unpaired) electrons. The topological polar surface area (TPSA) is 102 Å². The van der Waals surface area contributed by atoms with Crippen LogP contribution < -0.4 is 5.73 Å². The van der Waals surface area contributed by atoms with E-state index in [9.17, 15) is 13.2 Å². The van der Waals surface area contributed by atoms with E-state index in [0.29, 0.717) is 11.8 Å². The van der Waals surface area contributed by atoms with Crippen LogP contribution in [0, 0.1) is 0 Å². The largest absolute Gasteiger partial charge is 0.497 e. The third-order valence-electron chi connectivity index (χ3n) is 6.05. The SMILES string of the molecule is COC1=CC(C=O)(S(=O)(=O)c2ccccc2)C(C)(c2c[nH]c3ccccc23)C(N)=C1. The first kappa shape index (κ1) is 20.0. The highest BCUT2D eigenvalue weighted by molar-refractivity contribution is 7.93. The van der Waals surface area contributed by atoms with Gasteiger partial charge in [-0.05, 0) is 42.8 Å². The predicted molar refractivity (Wildman–Crippen MR) is 115 cm³/mol. The van der Waals surface area contributed by atoms with Crippen LogP contribution in [0.3, 0.4) is 0 Å². The summed E-state index contributed by atoms with van der Waals surface area (Å²) in [6, 6.07) is 15.4. The van der Waals surface area contributed by atoms with Gasteiger partial charge in [-0.3, -0.25) is 0 Å². The first-order valence-corrected chi connectivity index (χ1v) is 10.9. The van der Waals surface area contributed by atoms with E-state index in [4.69, 9.17) is 10.5 Å². The number of sulfone groups is 1. The predicted octanol–water partition coefficient (Wildman–Crippen LogP) is 3.22. The molecule has 2 unspecified atom stereocenters. The molecule has 0 saturated carbocycles. The molecule has 6 nitrogen and oxygen atoms in total. The summed E-state index contributed by atoms with van der Waals surface area (Å²) in [5, 5.41) is 0.792. The number of aromatic nitrogens is 1. The Morgan fingerprint density at radius 1 is 1.07 bits per heavy atom. The van der Waals surface area contributed by atoms with E-state index in [2.05, 4.69) is 4.98 Å². The van der Waals surface area contributed by atoms with Crippen LogP contribution in [0.2, 0.25) is 0 Å². The number of methoxy groups -OCH3 is 1. The first-order valence-electron chi connectivity index (χ1n) is 9.39. The zero-order chi connectivity index (χ0) is 21.6. The molecule has 0 bridgehead atoms. The van der Waals surface area contributed by atoms with E-state index < -0.39 is 20.0 Å². The van der Waals surface area contributed by atoms with Crippen molar-refractivity contribution < 1.29 is 17.9 Å². The van der Waals surface area contributed by atoms with Gasteiger partial charge in [0.05, 0.1) is 17.4 Å². The number of benzene rings is 2. The summed E-state index contributed by atoms with van der Waals surface area (Å²) in [6.07, 6.45) is 5.12. The Hall–Kier alpha value is -3.32. The Morgan fingerprint density at radius 2 is 1.73 bits per heavy atom. The molecule has 1 aromatic heterocycles. The number of H-pyrrole nitrogens is 1. The highest BCUT2D eigenvalue weighted by Crippen LogP contribution is 2.51. The number of carbonyl (C=O) groups excluding carboxylic acids is 1. The van der Waals surface area contributed by atoms with Crippen molar-refractivity contribution in [2.45, 2.75) is 22.0 Å². The van der Waals surface area contributed by atoms with Gasteiger partial charge >= 0.3 is 0 Å². The lowest BCUT2D eigenvalue weighted by Gasteiger charge is -2.45. The molecule has 0 aliphatic heterocycles. The van der Waals surface area contributed by atoms with Crippen molar-refractivity contribution >= 4 is 27.0 Å². The monoisotopic (exact) mass is 422 g/mol. The fourth-order valence-corrected chi connectivity index (χ4v) is 6.31. The highest BCUT2D eigenvalue weighted by atomic mass is 32.2. The van der Waals surface area contributed by atoms with Gasteiger partial charge in [-0.2, -0.15) is 0 Å². The van der Waals surface area contributed by atoms with Gasteiger partial charge in [0.15, 0.2) is 14.6 Å². The molecule has 30 heavy (non-hydrogen) atoms. The van der Waals surface area contributed by atoms with Gasteiger partial charge in [-0.1, -0.05) is 36.4 Å². The lowest BCUT2D eigenvalue weighted by molar-refractivity contribution is -0.110. The highest BCUT2D eigenvalue weighted by Gasteiger charge is 2.61. The number of nitrogens with two attached hydrogens (primary N) is 1. The van der Waals surface area contributed by atoms with E-state index in [0.717, 1.165) is 10.9 Å². The third-order valence-corrected chi connectivity index (χ3v) is 8.45. The second-order valence-corrected chi connectivity index (χ2v) is 9.60. The molecule has 7 heteroatoms. The minimum Gasteiger partial charge on any atom is -0.497 e. The van der Waals surface area contributed by atoms with Crippen molar-refractivity contribution in [3.8, 4) is 0 Å². The number of aromatic amines is 1. The standard InChI is InChI=1S/C23H22N2O4S/c1-22(19-14-25-20-11-7-6-10-18(19)20)21(24)12-16(29-2)13-23(22,15-26)30(27,28)17-8-4-3-5-9-17/h3-15,25H,24H2,1-2H3. The van der Waals surface area contributed by atoms with Crippen LogP contribution >= 0.6 is 0 Å². The lowest BCUT2D eigenvalue weighted by atomic mass is 9.67. The summed E-state index contributed by atoms with van der Waals surface area (Å²) in [5.74, 6) is 0.219. The van der Waals surface area contributed by atoms with Crippen molar-refractivity contribution in [3.05, 3.63) is 90.0 Å². The van der Waals surface area contributed by atoms with Crippen molar-refractivity contribution in [2.24, 2.45) is 5.73 Å². The zero-order valence-electron chi connectivity index (χ0n) is 16.6. The van der Waals surface area contributed by atoms with Gasteiger partial charge < -0.3 is 20.2 Å². The maximum atomic E-state index is 14.0. The van der Waals surface area contributed by atoms with E-state index in [1.165, 1.54) is 25.3 Å². The summed E-state index contributed by atoms with van der Waals surface area (Å²) >= 11 is 0. The summed E-state index contributed by atoms with van der Waals surface area (Å²) in [6.45, 7) is 1.69. The molecule has 1 aliphatic carbocycles. The molecule has 0 spiro atoms. The van der Waals surface area contributed by atoms with Crippen LogP contribution in [-0.2, 0) is 24.8 Å². The molecule has 2 atom stereocenters. The van der Waals surface area contributed by atoms with Gasteiger partial charge in [0.1, 0.15) is 12.0 Å². The fraction of sp³-hybridized carbons (Fsp3) is 0.174. The summed E-state index contributed by atoms with van der Waals surface area (Å²) in [5.41, 5.74) is 6.76. The molecular weight excluding hydrogens is 400 g/mol. The molecule has 1 aliphatic rings. The Bertz CT molecular complexity index is 1290. The summed E-state index contributed by atoms with van der Waals surface area (Å²) in [7, 11) is -2.80. The van der Waals surface area contributed by atoms with Crippen molar-refractivity contribution in [2.75, 3.05) is 7.11 Å². The Balaban J connectivity index is 2.11. The number of ether oxygens (including phenoxy) is 1. The normalized spacial score (nSPS) is 24.2. The Labute approximate surface area is 175 Å². The average molecular weight is 423 g/mol. The van der Waals surface area contributed by atoms with E-state index in [1.807, 2.05) is 24.3 Å². The molecule has 0 amide bonds. The second kappa shape index (κ2) is 6.88. The van der Waals surface area contributed by atoms with Crippen LogP contribution in [0.1, 0.15) is 12.5 Å². The van der Waals surface area contributed by atoms with E-state index in [-0.39, 0.29) is 16.4 Å². The molecular formula is C23H22N2O4S. The van der Waals surface area contributed by atoms with Gasteiger partial charge in [0.2, 0.25) is 0 Å². The number of rotatable bonds is 5. The second-order valence-electron chi connectivity index (χ2n) is 7.45. The smallest absolute Gasteiger partial charge is 0.195 e. The number of aldehydes is 1. The molecule has 3 aromatic rings. The van der Waals surface area contributed by atoms with Crippen LogP contribution in [-0.4, -0.2) is 31.5 Å². The number of hydrogen-bond donors (Lipinski definition) is 2. The van der Waals surface area contributed by atoms with Crippen LogP contribution in [0.5, 0.6) is 0 Å². The fourth-order valence-electron chi connectivity index (χ4n) is 4.25. The molecule has 0 saturated heterocycles. The summed E-state index contributed by atoms with van der Waals surface area (Å²) in [4.78, 5) is 16.0. The zero-order valence-corrected chi connectivity index (χ0v) is 17.4. The minimum atomic E-state index is -4.21. The first-order chi connectivity index (χ1) is 14.3. The maximum absolute atomic E-state index is 14.0. The van der Waals surface area contributed by atoms with Crippen LogP contribution in [0.4, 0.5) is 0 Å². The Kier molecular flexibility index (Phi) is 4.58. The van der Waals surface area contributed by atoms with E-state index in [1.54, 1.807) is 37.4 Å². The molecule has 154 valence electrons. The number of nitrogens with one attached hydrogen (secondary N) is 1.